The number of rotatable bonds is 2. The van der Waals surface area contributed by atoms with E-state index in [0.717, 1.165) is 0 Å². The van der Waals surface area contributed by atoms with E-state index in [2.05, 4.69) is 0 Å². The van der Waals surface area contributed by atoms with Crippen molar-refractivity contribution in [1.82, 2.24) is 0 Å². The van der Waals surface area contributed by atoms with E-state index in [1.54, 1.807) is 18.2 Å². The highest BCUT2D eigenvalue weighted by molar-refractivity contribution is 6.23. The second-order valence-corrected chi connectivity index (χ2v) is 5.81. The number of hydrogen-bond acceptors (Lipinski definition) is 4. The highest BCUT2D eigenvalue weighted by atomic mass is 16.5. The van der Waals surface area contributed by atoms with Crippen LogP contribution in [0.5, 0.6) is 5.75 Å². The molecule has 2 saturated heterocycles. The quantitative estimate of drug-likeness (QED) is 0.611. The fraction of sp³-hybridized carbons (Fsp3) is 0.375. The third kappa shape index (κ3) is 1.44. The van der Waals surface area contributed by atoms with Crippen LogP contribution >= 0.6 is 0 Å². The van der Waals surface area contributed by atoms with Gasteiger partial charge in [-0.2, -0.15) is 0 Å². The van der Waals surface area contributed by atoms with E-state index in [4.69, 9.17) is 9.47 Å². The molecule has 2 amide bonds. The predicted octanol–water partition coefficient (Wildman–Crippen LogP) is 1.53. The Morgan fingerprint density at radius 2 is 2.00 bits per heavy atom. The molecule has 4 atom stereocenters. The third-order valence-corrected chi connectivity index (χ3v) is 4.66. The van der Waals surface area contributed by atoms with Gasteiger partial charge < -0.3 is 9.47 Å². The first-order valence-electron chi connectivity index (χ1n) is 6.95. The Bertz CT molecular complexity index is 683. The van der Waals surface area contributed by atoms with Gasteiger partial charge >= 0.3 is 0 Å². The second kappa shape index (κ2) is 3.95. The van der Waals surface area contributed by atoms with Crippen LogP contribution in [0.25, 0.3) is 0 Å². The van der Waals surface area contributed by atoms with E-state index in [9.17, 15) is 9.59 Å². The van der Waals surface area contributed by atoms with Crippen molar-refractivity contribution in [1.29, 1.82) is 0 Å². The van der Waals surface area contributed by atoms with Gasteiger partial charge in [0.2, 0.25) is 11.8 Å². The van der Waals surface area contributed by atoms with Crippen LogP contribution in [0.3, 0.4) is 0 Å². The molecule has 0 aromatic heterocycles. The van der Waals surface area contributed by atoms with Crippen molar-refractivity contribution in [3.8, 4) is 5.75 Å². The summed E-state index contributed by atoms with van der Waals surface area (Å²) in [5, 5.41) is 0. The van der Waals surface area contributed by atoms with E-state index in [0.29, 0.717) is 11.4 Å². The summed E-state index contributed by atoms with van der Waals surface area (Å²) in [6, 6.07) is 7.07. The zero-order valence-corrected chi connectivity index (χ0v) is 11.8. The Balaban J connectivity index is 1.80. The van der Waals surface area contributed by atoms with E-state index in [1.165, 1.54) is 12.0 Å². The molecule has 2 bridgehead atoms. The maximum Gasteiger partial charge on any atom is 0.241 e. The lowest BCUT2D eigenvalue weighted by Crippen LogP contribution is -2.38. The number of amides is 2. The average molecular weight is 285 g/mol. The van der Waals surface area contributed by atoms with Crippen LogP contribution in [0.2, 0.25) is 0 Å². The summed E-state index contributed by atoms with van der Waals surface area (Å²) in [6.45, 7) is 1.87. The SMILES string of the molecule is COc1ccccc1N1C(=O)[C@H]2[C@@H]3C=C[C@@](C)(O3)[C@H]2C1=O. The fourth-order valence-electron chi connectivity index (χ4n) is 3.70. The van der Waals surface area contributed by atoms with E-state index in [-0.39, 0.29) is 17.9 Å². The molecule has 3 aliphatic rings. The smallest absolute Gasteiger partial charge is 0.241 e. The number of anilines is 1. The summed E-state index contributed by atoms with van der Waals surface area (Å²) in [4.78, 5) is 26.8. The molecule has 0 aliphatic carbocycles. The van der Waals surface area contributed by atoms with Crippen LogP contribution in [-0.2, 0) is 14.3 Å². The van der Waals surface area contributed by atoms with Gasteiger partial charge in [0, 0.05) is 0 Å². The highest BCUT2D eigenvalue weighted by Crippen LogP contribution is 2.52. The van der Waals surface area contributed by atoms with Crippen LogP contribution in [0.1, 0.15) is 6.92 Å². The third-order valence-electron chi connectivity index (χ3n) is 4.66. The van der Waals surface area contributed by atoms with Crippen LogP contribution < -0.4 is 9.64 Å². The number of carbonyl (C=O) groups is 2. The topological polar surface area (TPSA) is 55.8 Å². The Morgan fingerprint density at radius 3 is 2.71 bits per heavy atom. The number of ether oxygens (including phenoxy) is 2. The number of benzene rings is 1. The Hall–Kier alpha value is -2.14. The molecule has 0 radical (unpaired) electrons. The van der Waals surface area contributed by atoms with Crippen LogP contribution in [0.15, 0.2) is 36.4 Å². The van der Waals surface area contributed by atoms with Gasteiger partial charge in [-0.3, -0.25) is 9.59 Å². The van der Waals surface area contributed by atoms with Gasteiger partial charge in [-0.05, 0) is 19.1 Å². The van der Waals surface area contributed by atoms with Gasteiger partial charge in [-0.1, -0.05) is 24.3 Å². The minimum atomic E-state index is -0.668. The van der Waals surface area contributed by atoms with Crippen molar-refractivity contribution in [2.24, 2.45) is 11.8 Å². The van der Waals surface area contributed by atoms with E-state index >= 15 is 0 Å². The molecule has 3 heterocycles. The number of para-hydroxylation sites is 2. The molecule has 0 unspecified atom stereocenters. The van der Waals surface area contributed by atoms with Crippen LogP contribution in [0, 0.1) is 11.8 Å². The Kier molecular flexibility index (Phi) is 2.37. The first-order valence-corrected chi connectivity index (χ1v) is 6.95. The summed E-state index contributed by atoms with van der Waals surface area (Å²) in [7, 11) is 1.53. The van der Waals surface area contributed by atoms with Crippen LogP contribution in [-0.4, -0.2) is 30.6 Å². The molecule has 0 spiro atoms. The molecule has 2 fully saturated rings. The second-order valence-electron chi connectivity index (χ2n) is 5.81. The zero-order chi connectivity index (χ0) is 14.8. The molecule has 1 aromatic carbocycles. The number of methoxy groups -OCH3 is 1. The van der Waals surface area contributed by atoms with E-state index in [1.807, 2.05) is 25.1 Å². The largest absolute Gasteiger partial charge is 0.495 e. The number of carbonyl (C=O) groups excluding carboxylic acids is 2. The number of imide groups is 1. The molecule has 0 N–H and O–H groups in total. The highest BCUT2D eigenvalue weighted by Gasteiger charge is 2.66. The zero-order valence-electron chi connectivity index (χ0n) is 11.8. The monoisotopic (exact) mass is 285 g/mol. The minimum Gasteiger partial charge on any atom is -0.495 e. The molecular weight excluding hydrogens is 270 g/mol. The first kappa shape index (κ1) is 12.6. The Morgan fingerprint density at radius 1 is 1.24 bits per heavy atom. The summed E-state index contributed by atoms with van der Waals surface area (Å²) in [6.07, 6.45) is 3.49. The molecule has 4 rings (SSSR count). The normalized spacial score (nSPS) is 36.5. The van der Waals surface area contributed by atoms with Gasteiger partial charge in [0.05, 0.1) is 36.3 Å². The molecule has 5 nitrogen and oxygen atoms in total. The number of fused-ring (bicyclic) bond motifs is 5. The van der Waals surface area contributed by atoms with Crippen molar-refractivity contribution < 1.29 is 19.1 Å². The van der Waals surface area contributed by atoms with Gasteiger partial charge in [-0.15, -0.1) is 0 Å². The van der Waals surface area contributed by atoms with Crippen LogP contribution in [0.4, 0.5) is 5.69 Å². The molecule has 0 saturated carbocycles. The molecule has 3 aliphatic heterocycles. The fourth-order valence-corrected chi connectivity index (χ4v) is 3.70. The molecule has 21 heavy (non-hydrogen) atoms. The average Bonchev–Trinajstić information content (AvgIpc) is 3.08. The number of nitrogens with zero attached hydrogens (tertiary/aromatic N) is 1. The van der Waals surface area contributed by atoms with Gasteiger partial charge in [0.25, 0.3) is 0 Å². The maximum atomic E-state index is 12.8. The van der Waals surface area contributed by atoms with Crippen molar-refractivity contribution in [3.63, 3.8) is 0 Å². The van der Waals surface area contributed by atoms with Crippen molar-refractivity contribution in [3.05, 3.63) is 36.4 Å². The summed E-state index contributed by atoms with van der Waals surface area (Å²) >= 11 is 0. The summed E-state index contributed by atoms with van der Waals surface area (Å²) in [5.74, 6) is -0.746. The predicted molar refractivity (Wildman–Crippen MR) is 74.9 cm³/mol. The standard InChI is InChI=1S/C16H15NO4/c1-16-8-7-11(21-16)12-13(16)15(19)17(14(12)18)9-5-3-4-6-10(9)20-2/h3-8,11-13H,1-2H3/t11-,12-,13+,16+/m0/s1. The molecular formula is C16H15NO4. The van der Waals surface area contributed by atoms with Gasteiger partial charge in [-0.25, -0.2) is 4.90 Å². The molecule has 1 aromatic rings. The number of hydrogen-bond donors (Lipinski definition) is 0. The Labute approximate surface area is 122 Å². The van der Waals surface area contributed by atoms with Gasteiger partial charge in [0.15, 0.2) is 0 Å². The first-order chi connectivity index (χ1) is 10.1. The minimum absolute atomic E-state index is 0.201. The van der Waals surface area contributed by atoms with Gasteiger partial charge in [0.1, 0.15) is 5.75 Å². The lowest BCUT2D eigenvalue weighted by molar-refractivity contribution is -0.126. The lowest BCUT2D eigenvalue weighted by atomic mass is 9.78. The molecule has 108 valence electrons. The summed E-state index contributed by atoms with van der Waals surface area (Å²) < 4.78 is 11.1. The van der Waals surface area contributed by atoms with E-state index < -0.39 is 17.4 Å². The van der Waals surface area contributed by atoms with Crippen molar-refractivity contribution >= 4 is 17.5 Å². The maximum absolute atomic E-state index is 12.8. The molecule has 5 heteroatoms. The summed E-state index contributed by atoms with van der Waals surface area (Å²) in [5.41, 5.74) is -0.161. The van der Waals surface area contributed by atoms with Crippen molar-refractivity contribution in [2.75, 3.05) is 12.0 Å². The lowest BCUT2D eigenvalue weighted by Gasteiger charge is -2.24. The van der Waals surface area contributed by atoms with Crippen molar-refractivity contribution in [2.45, 2.75) is 18.6 Å².